The molecule has 0 atom stereocenters. The first-order chi connectivity index (χ1) is 8.70. The maximum Gasteiger partial charge on any atom is 0.251 e. The maximum absolute atomic E-state index is 11.4. The Labute approximate surface area is 108 Å². The highest BCUT2D eigenvalue weighted by molar-refractivity contribution is 5.95. The average Bonchev–Trinajstić information content (AvgIpc) is 2.32. The molecule has 1 aliphatic carbocycles. The van der Waals surface area contributed by atoms with Crippen LogP contribution in [0, 0.1) is 5.92 Å². The Kier molecular flexibility index (Phi) is 4.07. The summed E-state index contributed by atoms with van der Waals surface area (Å²) in [5.74, 6) is 0.784. The Bertz CT molecular complexity index is 427. The second-order valence-electron chi connectivity index (χ2n) is 4.89. The third-order valence-electron chi connectivity index (χ3n) is 3.63. The van der Waals surface area contributed by atoms with E-state index in [-0.39, 0.29) is 5.91 Å². The van der Waals surface area contributed by atoms with E-state index in [1.165, 1.54) is 25.7 Å². The second-order valence-corrected chi connectivity index (χ2v) is 4.89. The fourth-order valence-corrected chi connectivity index (χ4v) is 2.20. The summed E-state index contributed by atoms with van der Waals surface area (Å²) in [4.78, 5) is 11.4. The molecule has 0 aromatic heterocycles. The molecular formula is C14H21N3O. The van der Waals surface area contributed by atoms with E-state index in [9.17, 15) is 4.79 Å². The van der Waals surface area contributed by atoms with E-state index in [4.69, 9.17) is 5.73 Å². The van der Waals surface area contributed by atoms with Gasteiger partial charge in [-0.3, -0.25) is 4.79 Å². The van der Waals surface area contributed by atoms with Gasteiger partial charge in [0.05, 0.1) is 11.4 Å². The minimum Gasteiger partial charge on any atom is -0.397 e. The van der Waals surface area contributed by atoms with Gasteiger partial charge in [0.15, 0.2) is 0 Å². The molecular weight excluding hydrogens is 226 g/mol. The lowest BCUT2D eigenvalue weighted by Gasteiger charge is -2.25. The summed E-state index contributed by atoms with van der Waals surface area (Å²) in [6.07, 6.45) is 5.32. The highest BCUT2D eigenvalue weighted by Crippen LogP contribution is 2.29. The van der Waals surface area contributed by atoms with Crippen LogP contribution in [0.5, 0.6) is 0 Å². The van der Waals surface area contributed by atoms with E-state index in [0.717, 1.165) is 18.2 Å². The number of amides is 1. The van der Waals surface area contributed by atoms with Crippen LogP contribution in [0.2, 0.25) is 0 Å². The van der Waals surface area contributed by atoms with E-state index in [0.29, 0.717) is 11.3 Å². The van der Waals surface area contributed by atoms with Gasteiger partial charge in [-0.2, -0.15) is 0 Å². The number of nitrogens with two attached hydrogens (primary N) is 1. The molecule has 0 bridgehead atoms. The summed E-state index contributed by atoms with van der Waals surface area (Å²) in [7, 11) is 1.61. The van der Waals surface area contributed by atoms with Crippen molar-refractivity contribution in [1.82, 2.24) is 5.32 Å². The van der Waals surface area contributed by atoms with Crippen LogP contribution in [0.15, 0.2) is 18.2 Å². The van der Waals surface area contributed by atoms with Crippen molar-refractivity contribution in [3.05, 3.63) is 23.8 Å². The first-order valence-corrected chi connectivity index (χ1v) is 6.56. The lowest BCUT2D eigenvalue weighted by atomic mass is 9.83. The van der Waals surface area contributed by atoms with Crippen LogP contribution in [0.3, 0.4) is 0 Å². The number of hydrogen-bond donors (Lipinski definition) is 3. The topological polar surface area (TPSA) is 67.2 Å². The van der Waals surface area contributed by atoms with Crippen molar-refractivity contribution in [2.45, 2.75) is 25.7 Å². The van der Waals surface area contributed by atoms with Gasteiger partial charge in [-0.25, -0.2) is 0 Å². The van der Waals surface area contributed by atoms with Crippen LogP contribution in [0.25, 0.3) is 0 Å². The van der Waals surface area contributed by atoms with Gasteiger partial charge in [0.2, 0.25) is 0 Å². The van der Waals surface area contributed by atoms with Gasteiger partial charge < -0.3 is 16.4 Å². The van der Waals surface area contributed by atoms with Crippen molar-refractivity contribution >= 4 is 17.3 Å². The predicted molar refractivity (Wildman–Crippen MR) is 74.7 cm³/mol. The van der Waals surface area contributed by atoms with Gasteiger partial charge in [0, 0.05) is 19.2 Å². The molecule has 1 fully saturated rings. The zero-order valence-corrected chi connectivity index (χ0v) is 10.8. The van der Waals surface area contributed by atoms with Crippen molar-refractivity contribution in [2.24, 2.45) is 5.92 Å². The summed E-state index contributed by atoms with van der Waals surface area (Å²) in [6, 6.07) is 5.38. The highest BCUT2D eigenvalue weighted by Gasteiger charge is 2.16. The van der Waals surface area contributed by atoms with Gasteiger partial charge in [-0.15, -0.1) is 0 Å². The van der Waals surface area contributed by atoms with Gasteiger partial charge in [-0.05, 0) is 30.5 Å². The van der Waals surface area contributed by atoms with Crippen molar-refractivity contribution in [1.29, 1.82) is 0 Å². The fraction of sp³-hybridized carbons (Fsp3) is 0.500. The molecule has 4 N–H and O–H groups in total. The summed E-state index contributed by atoms with van der Waals surface area (Å²) >= 11 is 0. The zero-order valence-electron chi connectivity index (χ0n) is 10.8. The molecule has 98 valence electrons. The summed E-state index contributed by atoms with van der Waals surface area (Å²) in [6.45, 7) is 0.953. The molecule has 1 aromatic carbocycles. The van der Waals surface area contributed by atoms with Gasteiger partial charge >= 0.3 is 0 Å². The molecule has 0 spiro atoms. The molecule has 4 heteroatoms. The van der Waals surface area contributed by atoms with Crippen LogP contribution in [-0.4, -0.2) is 19.5 Å². The monoisotopic (exact) mass is 247 g/mol. The molecule has 0 saturated heterocycles. The van der Waals surface area contributed by atoms with Crippen molar-refractivity contribution in [3.8, 4) is 0 Å². The highest BCUT2D eigenvalue weighted by atomic mass is 16.1. The Balaban J connectivity index is 1.89. The van der Waals surface area contributed by atoms with Crippen LogP contribution < -0.4 is 16.4 Å². The quantitative estimate of drug-likeness (QED) is 0.699. The van der Waals surface area contributed by atoms with Crippen molar-refractivity contribution < 1.29 is 4.79 Å². The Morgan fingerprint density at radius 1 is 1.44 bits per heavy atom. The minimum absolute atomic E-state index is 0.109. The lowest BCUT2D eigenvalue weighted by molar-refractivity contribution is 0.0963. The standard InChI is InChI=1S/C14H21N3O/c1-16-14(18)11-5-6-13(12(15)9-11)17-8-7-10-3-2-4-10/h5-6,9-10,17H,2-4,7-8,15H2,1H3,(H,16,18). The predicted octanol–water partition coefficient (Wildman–Crippen LogP) is 2.23. The summed E-state index contributed by atoms with van der Waals surface area (Å²) in [5.41, 5.74) is 8.08. The number of rotatable bonds is 5. The molecule has 18 heavy (non-hydrogen) atoms. The third-order valence-corrected chi connectivity index (χ3v) is 3.63. The second kappa shape index (κ2) is 5.76. The van der Waals surface area contributed by atoms with Crippen LogP contribution >= 0.6 is 0 Å². The first-order valence-electron chi connectivity index (χ1n) is 6.56. The van der Waals surface area contributed by atoms with Crippen LogP contribution in [0.1, 0.15) is 36.0 Å². The number of carbonyl (C=O) groups excluding carboxylic acids is 1. The third kappa shape index (κ3) is 2.94. The molecule has 1 aromatic rings. The van der Waals surface area contributed by atoms with Crippen LogP contribution in [0.4, 0.5) is 11.4 Å². The first kappa shape index (κ1) is 12.7. The smallest absolute Gasteiger partial charge is 0.251 e. The largest absolute Gasteiger partial charge is 0.397 e. The number of benzene rings is 1. The minimum atomic E-state index is -0.109. The molecule has 1 aliphatic rings. The average molecular weight is 247 g/mol. The van der Waals surface area contributed by atoms with E-state index in [1.807, 2.05) is 6.07 Å². The molecule has 0 heterocycles. The Morgan fingerprint density at radius 2 is 2.22 bits per heavy atom. The number of hydrogen-bond acceptors (Lipinski definition) is 3. The van der Waals surface area contributed by atoms with Crippen molar-refractivity contribution in [2.75, 3.05) is 24.6 Å². The fourth-order valence-electron chi connectivity index (χ4n) is 2.20. The van der Waals surface area contributed by atoms with E-state index in [1.54, 1.807) is 19.2 Å². The van der Waals surface area contributed by atoms with E-state index >= 15 is 0 Å². The molecule has 0 unspecified atom stereocenters. The lowest BCUT2D eigenvalue weighted by Crippen LogP contribution is -2.18. The number of nitrogen functional groups attached to an aromatic ring is 1. The van der Waals surface area contributed by atoms with Crippen LogP contribution in [-0.2, 0) is 0 Å². The van der Waals surface area contributed by atoms with Crippen molar-refractivity contribution in [3.63, 3.8) is 0 Å². The molecule has 0 radical (unpaired) electrons. The van der Waals surface area contributed by atoms with E-state index < -0.39 is 0 Å². The summed E-state index contributed by atoms with van der Waals surface area (Å²) in [5, 5.41) is 5.93. The van der Waals surface area contributed by atoms with Gasteiger partial charge in [-0.1, -0.05) is 19.3 Å². The number of carbonyl (C=O) groups is 1. The SMILES string of the molecule is CNC(=O)c1ccc(NCCC2CCC2)c(N)c1. The molecule has 0 aliphatic heterocycles. The van der Waals surface area contributed by atoms with Gasteiger partial charge in [0.25, 0.3) is 5.91 Å². The Hall–Kier alpha value is -1.71. The maximum atomic E-state index is 11.4. The molecule has 1 saturated carbocycles. The zero-order chi connectivity index (χ0) is 13.0. The number of nitrogens with one attached hydrogen (secondary N) is 2. The molecule has 1 amide bonds. The van der Waals surface area contributed by atoms with E-state index in [2.05, 4.69) is 10.6 Å². The summed E-state index contributed by atoms with van der Waals surface area (Å²) < 4.78 is 0. The Morgan fingerprint density at radius 3 is 2.78 bits per heavy atom. The molecule has 4 nitrogen and oxygen atoms in total. The number of anilines is 2. The van der Waals surface area contributed by atoms with Gasteiger partial charge in [0.1, 0.15) is 0 Å². The normalized spacial score (nSPS) is 14.9. The molecule has 2 rings (SSSR count).